The van der Waals surface area contributed by atoms with Gasteiger partial charge in [0.25, 0.3) is 0 Å². The summed E-state index contributed by atoms with van der Waals surface area (Å²) in [6.07, 6.45) is 0.230. The standard InChI is InChI=1S/C17H20N2O5S/c1-2-23-16(21)13-10-18-17(22)19-14(13)11-24-15(20)8-9-25-12-6-4-3-5-7-12/h3-7H,2,8-11H2,1H3,(H2,18,19,22). The van der Waals surface area contributed by atoms with Gasteiger partial charge < -0.3 is 20.1 Å². The number of esters is 2. The van der Waals surface area contributed by atoms with Crippen LogP contribution in [0.15, 0.2) is 46.5 Å². The molecule has 0 spiro atoms. The number of rotatable bonds is 8. The van der Waals surface area contributed by atoms with Crippen molar-refractivity contribution in [2.45, 2.75) is 18.2 Å². The topological polar surface area (TPSA) is 93.7 Å². The van der Waals surface area contributed by atoms with Crippen molar-refractivity contribution in [3.8, 4) is 0 Å². The highest BCUT2D eigenvalue weighted by atomic mass is 32.2. The predicted octanol–water partition coefficient (Wildman–Crippen LogP) is 1.84. The van der Waals surface area contributed by atoms with Crippen LogP contribution in [0.5, 0.6) is 0 Å². The SMILES string of the molecule is CCOC(=O)C1=C(COC(=O)CCSc2ccccc2)NC(=O)NC1. The van der Waals surface area contributed by atoms with E-state index in [4.69, 9.17) is 9.47 Å². The Morgan fingerprint density at radius 1 is 1.20 bits per heavy atom. The molecular weight excluding hydrogens is 344 g/mol. The van der Waals surface area contributed by atoms with E-state index in [9.17, 15) is 14.4 Å². The van der Waals surface area contributed by atoms with Crippen LogP contribution >= 0.6 is 11.8 Å². The van der Waals surface area contributed by atoms with Gasteiger partial charge in [0.2, 0.25) is 0 Å². The molecule has 1 aromatic carbocycles. The van der Waals surface area contributed by atoms with Crippen molar-refractivity contribution < 1.29 is 23.9 Å². The zero-order valence-corrected chi connectivity index (χ0v) is 14.7. The molecule has 8 heteroatoms. The van der Waals surface area contributed by atoms with Crippen LogP contribution < -0.4 is 10.6 Å². The third-order valence-electron chi connectivity index (χ3n) is 3.27. The second-order valence-corrected chi connectivity index (χ2v) is 6.23. The summed E-state index contributed by atoms with van der Waals surface area (Å²) >= 11 is 1.56. The molecule has 2 amide bonds. The number of amides is 2. The minimum atomic E-state index is -0.541. The third-order valence-corrected chi connectivity index (χ3v) is 4.29. The van der Waals surface area contributed by atoms with Gasteiger partial charge in [0, 0.05) is 10.6 Å². The van der Waals surface area contributed by atoms with Gasteiger partial charge in [-0.05, 0) is 19.1 Å². The smallest absolute Gasteiger partial charge is 0.337 e. The van der Waals surface area contributed by atoms with Gasteiger partial charge in [0.15, 0.2) is 0 Å². The average molecular weight is 364 g/mol. The van der Waals surface area contributed by atoms with Gasteiger partial charge in [-0.15, -0.1) is 11.8 Å². The second-order valence-electron chi connectivity index (χ2n) is 5.06. The lowest BCUT2D eigenvalue weighted by atomic mass is 10.2. The number of thioether (sulfide) groups is 1. The lowest BCUT2D eigenvalue weighted by molar-refractivity contribution is -0.143. The van der Waals surface area contributed by atoms with Crippen LogP contribution in [-0.2, 0) is 19.1 Å². The molecule has 0 saturated heterocycles. The van der Waals surface area contributed by atoms with Gasteiger partial charge in [-0.25, -0.2) is 9.59 Å². The molecule has 134 valence electrons. The number of carbonyl (C=O) groups is 3. The Morgan fingerprint density at radius 3 is 2.68 bits per heavy atom. The highest BCUT2D eigenvalue weighted by molar-refractivity contribution is 7.99. The van der Waals surface area contributed by atoms with Crippen LogP contribution in [-0.4, -0.2) is 43.5 Å². The van der Waals surface area contributed by atoms with Gasteiger partial charge in [-0.1, -0.05) is 18.2 Å². The highest BCUT2D eigenvalue weighted by Gasteiger charge is 2.24. The van der Waals surface area contributed by atoms with E-state index in [0.717, 1.165) is 4.90 Å². The lowest BCUT2D eigenvalue weighted by Gasteiger charge is -2.21. The van der Waals surface area contributed by atoms with Gasteiger partial charge >= 0.3 is 18.0 Å². The largest absolute Gasteiger partial charge is 0.463 e. The fourth-order valence-corrected chi connectivity index (χ4v) is 2.92. The van der Waals surface area contributed by atoms with E-state index in [1.165, 1.54) is 0 Å². The van der Waals surface area contributed by atoms with Gasteiger partial charge in [-0.3, -0.25) is 4.79 Å². The van der Waals surface area contributed by atoms with Gasteiger partial charge in [0.05, 0.1) is 30.8 Å². The fourth-order valence-electron chi connectivity index (χ4n) is 2.06. The summed E-state index contributed by atoms with van der Waals surface area (Å²) in [5.74, 6) is -0.354. The van der Waals surface area contributed by atoms with E-state index in [0.29, 0.717) is 5.75 Å². The number of carbonyl (C=O) groups excluding carboxylic acids is 3. The first-order valence-electron chi connectivity index (χ1n) is 7.87. The van der Waals surface area contributed by atoms with E-state index >= 15 is 0 Å². The molecule has 7 nitrogen and oxygen atoms in total. The van der Waals surface area contributed by atoms with E-state index in [1.807, 2.05) is 30.3 Å². The normalized spacial score (nSPS) is 13.7. The Bertz CT molecular complexity index is 660. The summed E-state index contributed by atoms with van der Waals surface area (Å²) in [6.45, 7) is 1.79. The average Bonchev–Trinajstić information content (AvgIpc) is 2.61. The molecule has 0 unspecified atom stereocenters. The minimum absolute atomic E-state index is 0.0431. The molecule has 0 aromatic heterocycles. The van der Waals surface area contributed by atoms with Crippen LogP contribution in [0, 0.1) is 0 Å². The molecular formula is C17H20N2O5S. The molecule has 0 fully saturated rings. The molecule has 0 atom stereocenters. The molecule has 0 radical (unpaired) electrons. The lowest BCUT2D eigenvalue weighted by Crippen LogP contribution is -2.45. The van der Waals surface area contributed by atoms with Crippen LogP contribution in [0.3, 0.4) is 0 Å². The number of nitrogens with one attached hydrogen (secondary N) is 2. The first-order chi connectivity index (χ1) is 12.1. The van der Waals surface area contributed by atoms with E-state index in [1.54, 1.807) is 18.7 Å². The maximum absolute atomic E-state index is 11.9. The van der Waals surface area contributed by atoms with E-state index in [-0.39, 0.29) is 37.4 Å². The maximum atomic E-state index is 11.9. The summed E-state index contributed by atoms with van der Waals surface area (Å²) in [4.78, 5) is 36.2. The first-order valence-corrected chi connectivity index (χ1v) is 8.86. The molecule has 1 aliphatic rings. The van der Waals surface area contributed by atoms with Crippen molar-refractivity contribution >= 4 is 29.7 Å². The zero-order chi connectivity index (χ0) is 18.1. The first kappa shape index (κ1) is 18.9. The maximum Gasteiger partial charge on any atom is 0.337 e. The molecule has 2 N–H and O–H groups in total. The van der Waals surface area contributed by atoms with Crippen LogP contribution in [0.1, 0.15) is 13.3 Å². The Hall–Kier alpha value is -2.48. The number of hydrogen-bond acceptors (Lipinski definition) is 6. The molecule has 1 aromatic rings. The molecule has 1 aliphatic heterocycles. The Labute approximate surface area is 150 Å². The fraction of sp³-hybridized carbons (Fsp3) is 0.353. The van der Waals surface area contributed by atoms with Crippen molar-refractivity contribution in [2.75, 3.05) is 25.5 Å². The van der Waals surface area contributed by atoms with Crippen LogP contribution in [0.25, 0.3) is 0 Å². The minimum Gasteiger partial charge on any atom is -0.463 e. The number of benzene rings is 1. The van der Waals surface area contributed by atoms with Crippen molar-refractivity contribution in [3.05, 3.63) is 41.6 Å². The summed E-state index contributed by atoms with van der Waals surface area (Å²) in [5, 5.41) is 4.98. The third kappa shape index (κ3) is 6.15. The molecule has 25 heavy (non-hydrogen) atoms. The van der Waals surface area contributed by atoms with Crippen LogP contribution in [0.2, 0.25) is 0 Å². The van der Waals surface area contributed by atoms with Crippen molar-refractivity contribution in [1.29, 1.82) is 0 Å². The summed E-state index contributed by atoms with van der Waals surface area (Å²) in [6, 6.07) is 9.29. The Morgan fingerprint density at radius 2 is 1.96 bits per heavy atom. The van der Waals surface area contributed by atoms with E-state index < -0.39 is 18.0 Å². The molecule has 1 heterocycles. The predicted molar refractivity (Wildman–Crippen MR) is 92.9 cm³/mol. The van der Waals surface area contributed by atoms with Gasteiger partial charge in [-0.2, -0.15) is 0 Å². The number of hydrogen-bond donors (Lipinski definition) is 2. The second kappa shape index (κ2) is 9.73. The monoisotopic (exact) mass is 364 g/mol. The summed E-state index contributed by atoms with van der Waals surface area (Å²) in [7, 11) is 0. The van der Waals surface area contributed by atoms with Crippen molar-refractivity contribution in [2.24, 2.45) is 0 Å². The molecule has 0 saturated carbocycles. The van der Waals surface area contributed by atoms with Gasteiger partial charge in [0.1, 0.15) is 6.61 Å². The Kier molecular flexibility index (Phi) is 7.34. The highest BCUT2D eigenvalue weighted by Crippen LogP contribution is 2.18. The Balaban J connectivity index is 1.83. The molecule has 0 aliphatic carbocycles. The summed E-state index contributed by atoms with van der Waals surface area (Å²) in [5.41, 5.74) is 0.513. The summed E-state index contributed by atoms with van der Waals surface area (Å²) < 4.78 is 10.1. The number of urea groups is 1. The van der Waals surface area contributed by atoms with Crippen molar-refractivity contribution in [3.63, 3.8) is 0 Å². The van der Waals surface area contributed by atoms with Crippen LogP contribution in [0.4, 0.5) is 4.79 Å². The van der Waals surface area contributed by atoms with E-state index in [2.05, 4.69) is 10.6 Å². The molecule has 2 rings (SSSR count). The zero-order valence-electron chi connectivity index (χ0n) is 13.9. The molecule has 0 bridgehead atoms. The quantitative estimate of drug-likeness (QED) is 0.540. The van der Waals surface area contributed by atoms with Crippen molar-refractivity contribution in [1.82, 2.24) is 10.6 Å². The number of ether oxygens (including phenoxy) is 2.